The maximum Gasteiger partial charge on any atom is 0.251 e. The van der Waals surface area contributed by atoms with Crippen LogP contribution in [-0.4, -0.2) is 13.0 Å². The summed E-state index contributed by atoms with van der Waals surface area (Å²) < 4.78 is 31.2. The number of methoxy groups -OCH3 is 1. The molecule has 2 rings (SSSR count). The van der Waals surface area contributed by atoms with Gasteiger partial charge >= 0.3 is 0 Å². The van der Waals surface area contributed by atoms with Crippen molar-refractivity contribution >= 4 is 29.1 Å². The topological polar surface area (TPSA) is 38.3 Å². The van der Waals surface area contributed by atoms with E-state index in [2.05, 4.69) is 5.32 Å². The number of carbonyl (C=O) groups excluding carboxylic acids is 1. The zero-order chi connectivity index (χ0) is 17.1. The second-order valence-corrected chi connectivity index (χ2v) is 5.66. The fourth-order valence-corrected chi connectivity index (χ4v) is 2.67. The summed E-state index contributed by atoms with van der Waals surface area (Å²) in [6.07, 6.45) is 0. The van der Waals surface area contributed by atoms with Crippen molar-refractivity contribution in [1.82, 2.24) is 5.32 Å². The first kappa shape index (κ1) is 17.5. The Labute approximate surface area is 142 Å². The summed E-state index contributed by atoms with van der Waals surface area (Å²) in [7, 11) is 1.41. The molecule has 0 aliphatic heterocycles. The maximum absolute atomic E-state index is 13.3. The minimum Gasteiger partial charge on any atom is -0.494 e. The molecular weight excluding hydrogens is 347 g/mol. The van der Waals surface area contributed by atoms with Gasteiger partial charge in [0.1, 0.15) is 0 Å². The van der Waals surface area contributed by atoms with Gasteiger partial charge in [-0.1, -0.05) is 29.3 Å². The van der Waals surface area contributed by atoms with E-state index in [1.165, 1.54) is 25.3 Å². The predicted molar refractivity (Wildman–Crippen MR) is 85.3 cm³/mol. The van der Waals surface area contributed by atoms with Crippen LogP contribution in [-0.2, 0) is 0 Å². The van der Waals surface area contributed by atoms with E-state index in [0.29, 0.717) is 5.56 Å². The molecule has 122 valence electrons. The number of halogens is 4. The first-order chi connectivity index (χ1) is 10.8. The Morgan fingerprint density at radius 1 is 1.13 bits per heavy atom. The fraction of sp³-hybridized carbons (Fsp3) is 0.188. The van der Waals surface area contributed by atoms with Crippen LogP contribution in [0, 0.1) is 11.6 Å². The van der Waals surface area contributed by atoms with Crippen LogP contribution in [0.25, 0.3) is 0 Å². The lowest BCUT2D eigenvalue weighted by atomic mass is 10.1. The lowest BCUT2D eigenvalue weighted by molar-refractivity contribution is 0.0939. The molecule has 1 amide bonds. The quantitative estimate of drug-likeness (QED) is 0.853. The first-order valence-corrected chi connectivity index (χ1v) is 7.38. The largest absolute Gasteiger partial charge is 0.494 e. The Balaban J connectivity index is 2.19. The number of nitrogens with one attached hydrogen (secondary N) is 1. The summed E-state index contributed by atoms with van der Waals surface area (Å²) >= 11 is 12.0. The SMILES string of the molecule is COc1c(Cl)cc(C(=O)NC(C)c2ccc(F)c(F)c2)cc1Cl. The predicted octanol–water partition coefficient (Wildman–Crippen LogP) is 4.77. The van der Waals surface area contributed by atoms with Crippen molar-refractivity contribution in [3.63, 3.8) is 0 Å². The van der Waals surface area contributed by atoms with Gasteiger partial charge in [-0.25, -0.2) is 8.78 Å². The molecule has 0 bridgehead atoms. The van der Waals surface area contributed by atoms with Gasteiger partial charge in [-0.2, -0.15) is 0 Å². The van der Waals surface area contributed by atoms with Gasteiger partial charge in [0.2, 0.25) is 0 Å². The third kappa shape index (κ3) is 3.92. The van der Waals surface area contributed by atoms with E-state index >= 15 is 0 Å². The normalized spacial score (nSPS) is 11.9. The zero-order valence-electron chi connectivity index (χ0n) is 12.3. The summed E-state index contributed by atoms with van der Waals surface area (Å²) in [4.78, 5) is 12.2. The van der Waals surface area contributed by atoms with Crippen molar-refractivity contribution < 1.29 is 18.3 Å². The van der Waals surface area contributed by atoms with Crippen LogP contribution in [0.3, 0.4) is 0 Å². The molecule has 0 aliphatic carbocycles. The van der Waals surface area contributed by atoms with Gasteiger partial charge < -0.3 is 10.1 Å². The van der Waals surface area contributed by atoms with Crippen molar-refractivity contribution in [3.05, 3.63) is 63.1 Å². The van der Waals surface area contributed by atoms with E-state index in [0.717, 1.165) is 12.1 Å². The fourth-order valence-electron chi connectivity index (χ4n) is 2.03. The molecule has 0 aliphatic rings. The lowest BCUT2D eigenvalue weighted by Crippen LogP contribution is -2.26. The molecule has 1 atom stereocenters. The van der Waals surface area contributed by atoms with E-state index in [-0.39, 0.29) is 21.4 Å². The van der Waals surface area contributed by atoms with E-state index in [4.69, 9.17) is 27.9 Å². The van der Waals surface area contributed by atoms with Gasteiger partial charge in [-0.05, 0) is 36.8 Å². The number of benzene rings is 2. The molecule has 0 fully saturated rings. The number of carbonyl (C=O) groups is 1. The van der Waals surface area contributed by atoms with Crippen molar-refractivity contribution in [2.45, 2.75) is 13.0 Å². The van der Waals surface area contributed by atoms with Crippen LogP contribution in [0.5, 0.6) is 5.75 Å². The van der Waals surface area contributed by atoms with E-state index < -0.39 is 23.6 Å². The van der Waals surface area contributed by atoms with Gasteiger partial charge in [0.15, 0.2) is 17.4 Å². The molecule has 0 radical (unpaired) electrons. The van der Waals surface area contributed by atoms with Crippen molar-refractivity contribution in [2.75, 3.05) is 7.11 Å². The first-order valence-electron chi connectivity index (χ1n) is 6.62. The standard InChI is InChI=1S/C16H13Cl2F2NO2/c1-8(9-3-4-13(19)14(20)7-9)21-16(22)10-5-11(17)15(23-2)12(18)6-10/h3-8H,1-2H3,(H,21,22). The Kier molecular flexibility index (Phi) is 5.44. The van der Waals surface area contributed by atoms with Gasteiger partial charge in [0.05, 0.1) is 23.2 Å². The zero-order valence-corrected chi connectivity index (χ0v) is 13.8. The van der Waals surface area contributed by atoms with Crippen LogP contribution < -0.4 is 10.1 Å². The molecule has 23 heavy (non-hydrogen) atoms. The van der Waals surface area contributed by atoms with Gasteiger partial charge in [0, 0.05) is 5.56 Å². The van der Waals surface area contributed by atoms with Crippen molar-refractivity contribution in [2.24, 2.45) is 0 Å². The van der Waals surface area contributed by atoms with Gasteiger partial charge in [-0.3, -0.25) is 4.79 Å². The van der Waals surface area contributed by atoms with Crippen molar-refractivity contribution in [3.8, 4) is 5.75 Å². The highest BCUT2D eigenvalue weighted by Crippen LogP contribution is 2.33. The number of hydrogen-bond donors (Lipinski definition) is 1. The van der Waals surface area contributed by atoms with E-state index in [1.54, 1.807) is 6.92 Å². The average Bonchev–Trinajstić information content (AvgIpc) is 2.49. The van der Waals surface area contributed by atoms with Crippen molar-refractivity contribution in [1.29, 1.82) is 0 Å². The number of hydrogen-bond acceptors (Lipinski definition) is 2. The Morgan fingerprint density at radius 3 is 2.26 bits per heavy atom. The Bertz CT molecular complexity index is 730. The number of rotatable bonds is 4. The third-order valence-electron chi connectivity index (χ3n) is 3.26. The molecule has 0 saturated carbocycles. The monoisotopic (exact) mass is 359 g/mol. The van der Waals surface area contributed by atoms with E-state index in [9.17, 15) is 13.6 Å². The van der Waals surface area contributed by atoms with Crippen LogP contribution >= 0.6 is 23.2 Å². The number of ether oxygens (including phenoxy) is 1. The minimum atomic E-state index is -0.973. The summed E-state index contributed by atoms with van der Waals surface area (Å²) in [5, 5.41) is 3.06. The van der Waals surface area contributed by atoms with Crippen LogP contribution in [0.1, 0.15) is 28.9 Å². The molecular formula is C16H13Cl2F2NO2. The highest BCUT2D eigenvalue weighted by Gasteiger charge is 2.16. The number of amides is 1. The molecule has 0 spiro atoms. The third-order valence-corrected chi connectivity index (χ3v) is 3.82. The minimum absolute atomic E-state index is 0.200. The van der Waals surface area contributed by atoms with Gasteiger partial charge in [-0.15, -0.1) is 0 Å². The molecule has 2 aromatic rings. The maximum atomic E-state index is 13.3. The lowest BCUT2D eigenvalue weighted by Gasteiger charge is -2.15. The molecule has 0 heterocycles. The molecule has 2 aromatic carbocycles. The highest BCUT2D eigenvalue weighted by molar-refractivity contribution is 6.37. The van der Waals surface area contributed by atoms with Crippen LogP contribution in [0.4, 0.5) is 8.78 Å². The summed E-state index contributed by atoms with van der Waals surface area (Å²) in [6, 6.07) is 5.75. The molecule has 1 unspecified atom stereocenters. The Morgan fingerprint density at radius 2 is 1.74 bits per heavy atom. The molecule has 1 N–H and O–H groups in total. The second kappa shape index (κ2) is 7.15. The average molecular weight is 360 g/mol. The second-order valence-electron chi connectivity index (χ2n) is 4.84. The van der Waals surface area contributed by atoms with Gasteiger partial charge in [0.25, 0.3) is 5.91 Å². The van der Waals surface area contributed by atoms with E-state index in [1.807, 2.05) is 0 Å². The Hall–Kier alpha value is -1.85. The summed E-state index contributed by atoms with van der Waals surface area (Å²) in [5.74, 6) is -2.09. The summed E-state index contributed by atoms with van der Waals surface area (Å²) in [5.41, 5.74) is 0.665. The molecule has 0 aromatic heterocycles. The van der Waals surface area contributed by atoms with Crippen LogP contribution in [0.15, 0.2) is 30.3 Å². The smallest absolute Gasteiger partial charge is 0.251 e. The van der Waals surface area contributed by atoms with Crippen LogP contribution in [0.2, 0.25) is 10.0 Å². The molecule has 7 heteroatoms. The molecule has 0 saturated heterocycles. The highest BCUT2D eigenvalue weighted by atomic mass is 35.5. The summed E-state index contributed by atoms with van der Waals surface area (Å²) in [6.45, 7) is 1.65. The molecule has 3 nitrogen and oxygen atoms in total.